The average Bonchev–Trinajstić information content (AvgIpc) is 2.61. The largest absolute Gasteiger partial charge is 0.452 e. The second kappa shape index (κ2) is 8.39. The Morgan fingerprint density at radius 1 is 1.27 bits per heavy atom. The molecule has 0 aliphatic heterocycles. The summed E-state index contributed by atoms with van der Waals surface area (Å²) in [5.41, 5.74) is 0.797. The van der Waals surface area contributed by atoms with Gasteiger partial charge < -0.3 is 10.1 Å². The number of rotatable bonds is 6. The number of nitro groups is 1. The minimum absolute atomic E-state index is 0.185. The zero-order chi connectivity index (χ0) is 19.1. The maximum atomic E-state index is 12.1. The van der Waals surface area contributed by atoms with Crippen LogP contribution in [-0.2, 0) is 20.7 Å². The van der Waals surface area contributed by atoms with Crippen molar-refractivity contribution in [2.45, 2.75) is 19.4 Å². The molecular weight excluding hydrogens is 338 g/mol. The number of nitrogens with one attached hydrogen (secondary N) is 1. The van der Waals surface area contributed by atoms with Gasteiger partial charge in [-0.15, -0.1) is 0 Å². The summed E-state index contributed by atoms with van der Waals surface area (Å²) < 4.78 is 5.04. The number of para-hydroxylation sites is 1. The number of carbonyl (C=O) groups is 2. The van der Waals surface area contributed by atoms with Crippen LogP contribution in [0.2, 0.25) is 0 Å². The second-order valence-corrected chi connectivity index (χ2v) is 5.38. The molecular formula is C18H15N3O5. The van der Waals surface area contributed by atoms with Crippen molar-refractivity contribution in [2.24, 2.45) is 0 Å². The summed E-state index contributed by atoms with van der Waals surface area (Å²) in [6, 6.07) is 14.1. The van der Waals surface area contributed by atoms with Gasteiger partial charge in [-0.1, -0.05) is 24.3 Å². The number of nitro benzene ring substituents is 1. The van der Waals surface area contributed by atoms with Gasteiger partial charge in [-0.25, -0.2) is 0 Å². The van der Waals surface area contributed by atoms with E-state index in [1.165, 1.54) is 31.2 Å². The van der Waals surface area contributed by atoms with Gasteiger partial charge in [-0.2, -0.15) is 5.26 Å². The lowest BCUT2D eigenvalue weighted by atomic mass is 10.1. The van der Waals surface area contributed by atoms with Crippen LogP contribution in [-0.4, -0.2) is 22.9 Å². The molecule has 8 nitrogen and oxygen atoms in total. The summed E-state index contributed by atoms with van der Waals surface area (Å²) in [6.45, 7) is 1.39. The molecule has 0 fully saturated rings. The van der Waals surface area contributed by atoms with Gasteiger partial charge in [0, 0.05) is 17.3 Å². The number of benzene rings is 2. The lowest BCUT2D eigenvalue weighted by Gasteiger charge is -2.13. The highest BCUT2D eigenvalue weighted by Crippen LogP contribution is 2.19. The third-order valence-electron chi connectivity index (χ3n) is 3.46. The lowest BCUT2D eigenvalue weighted by molar-refractivity contribution is -0.385. The molecule has 0 heterocycles. The van der Waals surface area contributed by atoms with Crippen molar-refractivity contribution in [3.05, 3.63) is 69.8 Å². The van der Waals surface area contributed by atoms with E-state index in [1.54, 1.807) is 24.3 Å². The Morgan fingerprint density at radius 3 is 2.69 bits per heavy atom. The molecule has 0 saturated heterocycles. The Labute approximate surface area is 149 Å². The summed E-state index contributed by atoms with van der Waals surface area (Å²) in [6.07, 6.45) is -1.42. The van der Waals surface area contributed by atoms with Gasteiger partial charge in [-0.05, 0) is 25.1 Å². The van der Waals surface area contributed by atoms with Crippen LogP contribution in [0.1, 0.15) is 18.1 Å². The fraction of sp³-hybridized carbons (Fsp3) is 0.167. The van der Waals surface area contributed by atoms with Gasteiger partial charge in [0.2, 0.25) is 0 Å². The number of amides is 1. The summed E-state index contributed by atoms with van der Waals surface area (Å²) in [5, 5.41) is 22.3. The Morgan fingerprint density at radius 2 is 2.00 bits per heavy atom. The third-order valence-corrected chi connectivity index (χ3v) is 3.46. The number of hydrogen-bond acceptors (Lipinski definition) is 6. The molecule has 0 bridgehead atoms. The van der Waals surface area contributed by atoms with Gasteiger partial charge >= 0.3 is 5.97 Å². The third kappa shape index (κ3) is 4.88. The summed E-state index contributed by atoms with van der Waals surface area (Å²) in [7, 11) is 0. The molecule has 8 heteroatoms. The summed E-state index contributed by atoms with van der Waals surface area (Å²) in [5.74, 6) is -1.33. The van der Waals surface area contributed by atoms with Crippen molar-refractivity contribution >= 4 is 23.3 Å². The van der Waals surface area contributed by atoms with E-state index < -0.39 is 22.9 Å². The van der Waals surface area contributed by atoms with Crippen LogP contribution in [0.15, 0.2) is 48.5 Å². The van der Waals surface area contributed by atoms with Gasteiger partial charge in [0.25, 0.3) is 11.6 Å². The van der Waals surface area contributed by atoms with Crippen LogP contribution < -0.4 is 5.32 Å². The van der Waals surface area contributed by atoms with E-state index in [2.05, 4.69) is 5.32 Å². The fourth-order valence-corrected chi connectivity index (χ4v) is 2.20. The lowest BCUT2D eigenvalue weighted by Crippen LogP contribution is -2.30. The first-order valence-electron chi connectivity index (χ1n) is 7.63. The normalized spacial score (nSPS) is 11.1. The van der Waals surface area contributed by atoms with Crippen molar-refractivity contribution in [1.82, 2.24) is 0 Å². The molecule has 2 aromatic carbocycles. The standard InChI is InChI=1S/C18H15N3O5/c1-12(18(23)20-15-7-4-5-13(9-15)11-19)26-17(22)10-14-6-2-3-8-16(14)21(24)25/h2-9,12H,10H2,1H3,(H,20,23)/t12-/m1/s1. The predicted molar refractivity (Wildman–Crippen MR) is 92.1 cm³/mol. The molecule has 1 atom stereocenters. The van der Waals surface area contributed by atoms with Crippen LogP contribution in [0.3, 0.4) is 0 Å². The fourth-order valence-electron chi connectivity index (χ4n) is 2.20. The average molecular weight is 353 g/mol. The highest BCUT2D eigenvalue weighted by atomic mass is 16.6. The Hall–Kier alpha value is -3.73. The van der Waals surface area contributed by atoms with Crippen molar-refractivity contribution in [3.63, 3.8) is 0 Å². The number of anilines is 1. The molecule has 0 aliphatic rings. The molecule has 2 rings (SSSR count). The van der Waals surface area contributed by atoms with Gasteiger partial charge in [0.05, 0.1) is 23.0 Å². The second-order valence-electron chi connectivity index (χ2n) is 5.38. The Kier molecular flexibility index (Phi) is 6.01. The molecule has 0 saturated carbocycles. The maximum absolute atomic E-state index is 12.1. The molecule has 2 aromatic rings. The molecule has 0 radical (unpaired) electrons. The molecule has 1 amide bonds. The minimum Gasteiger partial charge on any atom is -0.452 e. The van der Waals surface area contributed by atoms with E-state index in [4.69, 9.17) is 10.00 Å². The first-order valence-corrected chi connectivity index (χ1v) is 7.63. The monoisotopic (exact) mass is 353 g/mol. The van der Waals surface area contributed by atoms with E-state index in [0.717, 1.165) is 0 Å². The maximum Gasteiger partial charge on any atom is 0.311 e. The Bertz CT molecular complexity index is 888. The van der Waals surface area contributed by atoms with Crippen molar-refractivity contribution in [1.29, 1.82) is 5.26 Å². The topological polar surface area (TPSA) is 122 Å². The molecule has 132 valence electrons. The van der Waals surface area contributed by atoms with Gasteiger partial charge in [0.1, 0.15) is 0 Å². The van der Waals surface area contributed by atoms with Crippen molar-refractivity contribution in [3.8, 4) is 6.07 Å². The number of nitrogens with zero attached hydrogens (tertiary/aromatic N) is 2. The van der Waals surface area contributed by atoms with Crippen molar-refractivity contribution < 1.29 is 19.2 Å². The van der Waals surface area contributed by atoms with E-state index in [0.29, 0.717) is 11.3 Å². The van der Waals surface area contributed by atoms with Crippen LogP contribution in [0, 0.1) is 21.4 Å². The molecule has 0 unspecified atom stereocenters. The van der Waals surface area contributed by atoms with Crippen LogP contribution in [0.25, 0.3) is 0 Å². The minimum atomic E-state index is -1.10. The van der Waals surface area contributed by atoms with Crippen LogP contribution >= 0.6 is 0 Å². The van der Waals surface area contributed by atoms with E-state index >= 15 is 0 Å². The smallest absolute Gasteiger partial charge is 0.311 e. The highest BCUT2D eigenvalue weighted by molar-refractivity contribution is 5.95. The summed E-state index contributed by atoms with van der Waals surface area (Å²) in [4.78, 5) is 34.5. The number of nitriles is 1. The van der Waals surface area contributed by atoms with E-state index in [-0.39, 0.29) is 17.7 Å². The highest BCUT2D eigenvalue weighted by Gasteiger charge is 2.21. The van der Waals surface area contributed by atoms with E-state index in [1.807, 2.05) is 6.07 Å². The van der Waals surface area contributed by atoms with Crippen LogP contribution in [0.4, 0.5) is 11.4 Å². The van der Waals surface area contributed by atoms with Gasteiger partial charge in [-0.3, -0.25) is 19.7 Å². The number of esters is 1. The SMILES string of the molecule is C[C@@H](OC(=O)Cc1ccccc1[N+](=O)[O-])C(=O)Nc1cccc(C#N)c1. The molecule has 0 aromatic heterocycles. The number of carbonyl (C=O) groups excluding carboxylic acids is 2. The first-order chi connectivity index (χ1) is 12.4. The quantitative estimate of drug-likeness (QED) is 0.484. The van der Waals surface area contributed by atoms with Crippen molar-refractivity contribution in [2.75, 3.05) is 5.32 Å². The first kappa shape index (κ1) is 18.6. The van der Waals surface area contributed by atoms with E-state index in [9.17, 15) is 19.7 Å². The molecule has 0 aliphatic carbocycles. The molecule has 0 spiro atoms. The Balaban J connectivity index is 1.97. The van der Waals surface area contributed by atoms with Gasteiger partial charge in [0.15, 0.2) is 6.10 Å². The zero-order valence-corrected chi connectivity index (χ0v) is 13.8. The zero-order valence-electron chi connectivity index (χ0n) is 13.8. The molecule has 1 N–H and O–H groups in total. The summed E-state index contributed by atoms with van der Waals surface area (Å²) >= 11 is 0. The number of hydrogen-bond donors (Lipinski definition) is 1. The predicted octanol–water partition coefficient (Wildman–Crippen LogP) is 2.58. The van der Waals surface area contributed by atoms with Crippen LogP contribution in [0.5, 0.6) is 0 Å². The number of ether oxygens (including phenoxy) is 1. The molecule has 26 heavy (non-hydrogen) atoms.